The Balaban J connectivity index is 0.000000499. The number of benzene rings is 1. The summed E-state index contributed by atoms with van der Waals surface area (Å²) in [4.78, 5) is 25.0. The van der Waals surface area contributed by atoms with Crippen LogP contribution >= 0.6 is 0 Å². The SMILES string of the molecule is C.CC1(C)C(c2ccc(C(=O)O)cc2)=CCC2(C)C1CCC1(C)C3CCC4(NCCN5CCS(=O)CC5)CCCC4C3CCC12.CN1CCCC1.NC=O. The molecule has 1 amide bonds. The molecule has 4 N–H and O–H groups in total. The van der Waals surface area contributed by atoms with Crippen molar-refractivity contribution in [3.8, 4) is 0 Å². The molecular formula is C45H74N4O4S. The van der Waals surface area contributed by atoms with Gasteiger partial charge in [-0.15, -0.1) is 0 Å². The number of primary amides is 1. The number of likely N-dealkylation sites (tertiary alicyclic amines) is 1. The maximum absolute atomic E-state index is 11.8. The highest BCUT2D eigenvalue weighted by atomic mass is 32.2. The molecule has 7 aliphatic rings. The van der Waals surface area contributed by atoms with Crippen LogP contribution in [0.25, 0.3) is 5.57 Å². The molecule has 2 aliphatic heterocycles. The van der Waals surface area contributed by atoms with Gasteiger partial charge in [0.25, 0.3) is 0 Å². The molecule has 0 spiro atoms. The van der Waals surface area contributed by atoms with Crippen LogP contribution in [-0.2, 0) is 15.6 Å². The van der Waals surface area contributed by atoms with Gasteiger partial charge in [0.2, 0.25) is 6.41 Å². The number of nitrogens with two attached hydrogens (primary N) is 1. The fraction of sp³-hybridized carbons (Fsp3) is 0.778. The molecule has 4 saturated carbocycles. The minimum absolute atomic E-state index is 0. The molecule has 8 atom stereocenters. The summed E-state index contributed by atoms with van der Waals surface area (Å²) < 4.78 is 11.8. The van der Waals surface area contributed by atoms with Gasteiger partial charge in [-0.2, -0.15) is 0 Å². The molecule has 0 bridgehead atoms. The number of amides is 1. The Morgan fingerprint density at radius 2 is 1.56 bits per heavy atom. The first-order chi connectivity index (χ1) is 25.3. The van der Waals surface area contributed by atoms with Crippen molar-refractivity contribution in [2.75, 3.05) is 57.8 Å². The second-order valence-electron chi connectivity index (χ2n) is 18.9. The zero-order valence-corrected chi connectivity index (χ0v) is 34.4. The van der Waals surface area contributed by atoms with E-state index in [2.05, 4.69) is 61.7 Å². The van der Waals surface area contributed by atoms with Crippen molar-refractivity contribution in [1.29, 1.82) is 0 Å². The lowest BCUT2D eigenvalue weighted by Crippen LogP contribution is -2.63. The number of carbonyl (C=O) groups is 2. The summed E-state index contributed by atoms with van der Waals surface area (Å²) in [7, 11) is 1.58. The van der Waals surface area contributed by atoms with Gasteiger partial charge in [-0.25, -0.2) is 4.79 Å². The normalized spacial score (nSPS) is 37.3. The number of carbonyl (C=O) groups excluding carboxylic acids is 1. The van der Waals surface area contributed by atoms with Crippen molar-refractivity contribution in [1.82, 2.24) is 15.1 Å². The Morgan fingerprint density at radius 1 is 0.889 bits per heavy atom. The van der Waals surface area contributed by atoms with Gasteiger partial charge in [0.1, 0.15) is 0 Å². The summed E-state index contributed by atoms with van der Waals surface area (Å²) in [5, 5.41) is 13.6. The summed E-state index contributed by atoms with van der Waals surface area (Å²) in [6, 6.07) is 7.63. The summed E-state index contributed by atoms with van der Waals surface area (Å²) in [5.74, 6) is 4.82. The Bertz CT molecular complexity index is 1480. The molecule has 54 heavy (non-hydrogen) atoms. The molecule has 1 aromatic rings. The van der Waals surface area contributed by atoms with Crippen LogP contribution in [0, 0.1) is 45.8 Å². The third-order valence-corrected chi connectivity index (χ3v) is 17.3. The summed E-state index contributed by atoms with van der Waals surface area (Å²) in [5.41, 5.74) is 8.32. The number of rotatable bonds is 6. The van der Waals surface area contributed by atoms with Gasteiger partial charge in [-0.3, -0.25) is 9.00 Å². The number of nitrogens with one attached hydrogen (secondary N) is 1. The molecule has 2 heterocycles. The van der Waals surface area contributed by atoms with E-state index in [-0.39, 0.29) is 19.3 Å². The third-order valence-electron chi connectivity index (χ3n) is 16.0. The molecule has 1 aromatic carbocycles. The third kappa shape index (κ3) is 8.31. The lowest BCUT2D eigenvalue weighted by molar-refractivity contribution is -0.172. The van der Waals surface area contributed by atoms with Gasteiger partial charge in [0, 0.05) is 54.0 Å². The highest BCUT2D eigenvalue weighted by Gasteiger charge is 2.65. The zero-order valence-electron chi connectivity index (χ0n) is 33.5. The highest BCUT2D eigenvalue weighted by Crippen LogP contribution is 2.72. The number of nitrogens with zero attached hydrogens (tertiary/aromatic N) is 2. The van der Waals surface area contributed by atoms with Crippen LogP contribution in [0.1, 0.15) is 128 Å². The predicted molar refractivity (Wildman–Crippen MR) is 224 cm³/mol. The predicted octanol–water partition coefficient (Wildman–Crippen LogP) is 7.70. The maximum Gasteiger partial charge on any atom is 0.335 e. The lowest BCUT2D eigenvalue weighted by atomic mass is 9.37. The summed E-state index contributed by atoms with van der Waals surface area (Å²) in [6.45, 7) is 17.2. The van der Waals surface area contributed by atoms with Gasteiger partial charge in [0.05, 0.1) is 5.56 Å². The molecule has 9 heteroatoms. The van der Waals surface area contributed by atoms with E-state index in [1.165, 1.54) is 94.9 Å². The molecule has 5 aliphatic carbocycles. The Kier molecular flexibility index (Phi) is 14.0. The monoisotopic (exact) mass is 767 g/mol. The standard InChI is InChI=1S/C38H56N2O3S.C5H11N.CH3NO.CH4/c1-35(2)29(26-7-9-27(10-8-26)34(41)42)13-17-37(4)32(35)15-18-36(3)30-14-19-38(39-20-21-40-22-24-44(43)25-23-40)16-5-6-31(38)28(30)11-12-33(36)37;1-6-4-2-3-5-6;2-1-3;/h7-10,13,28,30-33,39H,5-6,11-12,14-25H2,1-4H3,(H,41,42);2-5H2,1H3;1H,(H2,2,3);1H4. The van der Waals surface area contributed by atoms with Gasteiger partial charge in [0.15, 0.2) is 0 Å². The smallest absolute Gasteiger partial charge is 0.335 e. The van der Waals surface area contributed by atoms with E-state index in [1.807, 2.05) is 12.1 Å². The summed E-state index contributed by atoms with van der Waals surface area (Å²) >= 11 is 0. The van der Waals surface area contributed by atoms with Crippen LogP contribution in [0.5, 0.6) is 0 Å². The number of hydrogen-bond acceptors (Lipinski definition) is 6. The largest absolute Gasteiger partial charge is 0.478 e. The highest BCUT2D eigenvalue weighted by molar-refractivity contribution is 7.85. The van der Waals surface area contributed by atoms with Gasteiger partial charge in [-0.05, 0) is 160 Å². The van der Waals surface area contributed by atoms with E-state index in [9.17, 15) is 14.1 Å². The average Bonchev–Trinajstić information content (AvgIpc) is 3.79. The van der Waals surface area contributed by atoms with Gasteiger partial charge < -0.3 is 26.0 Å². The molecule has 0 radical (unpaired) electrons. The number of aromatic carboxylic acids is 1. The van der Waals surface area contributed by atoms with E-state index < -0.39 is 16.8 Å². The van der Waals surface area contributed by atoms with Crippen LogP contribution in [0.2, 0.25) is 0 Å². The molecule has 6 fully saturated rings. The van der Waals surface area contributed by atoms with Crippen molar-refractivity contribution in [2.24, 2.45) is 51.6 Å². The number of carboxylic acids is 1. The average molecular weight is 767 g/mol. The first-order valence-electron chi connectivity index (χ1n) is 21.0. The van der Waals surface area contributed by atoms with E-state index in [1.54, 1.807) is 12.1 Å². The van der Waals surface area contributed by atoms with Crippen LogP contribution < -0.4 is 11.1 Å². The number of carboxylic acid groups (broad SMARTS) is 1. The first kappa shape index (κ1) is 43.1. The van der Waals surface area contributed by atoms with Crippen LogP contribution in [0.3, 0.4) is 0 Å². The van der Waals surface area contributed by atoms with Crippen molar-refractivity contribution in [3.63, 3.8) is 0 Å². The van der Waals surface area contributed by atoms with E-state index in [0.717, 1.165) is 67.8 Å². The summed E-state index contributed by atoms with van der Waals surface area (Å²) in [6.07, 6.45) is 19.1. The topological polar surface area (TPSA) is 116 Å². The lowest BCUT2D eigenvalue weighted by Gasteiger charge is -2.68. The van der Waals surface area contributed by atoms with E-state index >= 15 is 0 Å². The maximum atomic E-state index is 11.8. The molecule has 304 valence electrons. The number of fused-ring (bicyclic) bond motifs is 7. The molecule has 8 nitrogen and oxygen atoms in total. The van der Waals surface area contributed by atoms with Crippen LogP contribution in [0.15, 0.2) is 30.3 Å². The zero-order chi connectivity index (χ0) is 38.0. The van der Waals surface area contributed by atoms with E-state index in [0.29, 0.717) is 27.9 Å². The Morgan fingerprint density at radius 3 is 2.17 bits per heavy atom. The van der Waals surface area contributed by atoms with Gasteiger partial charge >= 0.3 is 5.97 Å². The second kappa shape index (κ2) is 17.6. The second-order valence-corrected chi connectivity index (χ2v) is 20.6. The fourth-order valence-corrected chi connectivity index (χ4v) is 14.8. The van der Waals surface area contributed by atoms with Crippen molar-refractivity contribution in [3.05, 3.63) is 41.5 Å². The minimum Gasteiger partial charge on any atom is -0.478 e. The Labute approximate surface area is 330 Å². The Hall–Kier alpha value is -2.07. The van der Waals surface area contributed by atoms with Crippen LogP contribution in [-0.4, -0.2) is 94.9 Å². The van der Waals surface area contributed by atoms with E-state index in [4.69, 9.17) is 4.79 Å². The molecule has 8 rings (SSSR count). The van der Waals surface area contributed by atoms with Gasteiger partial charge in [-0.1, -0.05) is 59.8 Å². The molecule has 8 unspecified atom stereocenters. The fourth-order valence-electron chi connectivity index (χ4n) is 13.6. The molecule has 0 aromatic heterocycles. The minimum atomic E-state index is -0.853. The molecule has 2 saturated heterocycles. The number of allylic oxidation sites excluding steroid dienone is 2. The van der Waals surface area contributed by atoms with Crippen molar-refractivity contribution in [2.45, 2.75) is 118 Å². The first-order valence-corrected chi connectivity index (χ1v) is 22.5. The van der Waals surface area contributed by atoms with Crippen LogP contribution in [0.4, 0.5) is 0 Å². The number of hydrogen-bond donors (Lipinski definition) is 3. The van der Waals surface area contributed by atoms with Crippen molar-refractivity contribution >= 4 is 28.8 Å². The van der Waals surface area contributed by atoms with Crippen molar-refractivity contribution < 1.29 is 18.9 Å². The quantitative estimate of drug-likeness (QED) is 0.254. The molecular weight excluding hydrogens is 693 g/mol.